The van der Waals surface area contributed by atoms with Crippen LogP contribution in [0.1, 0.15) is 29.4 Å². The number of carbonyl (C=O) groups excluding carboxylic acids is 1. The maximum absolute atomic E-state index is 11.1. The normalized spacial score (nSPS) is 25.1. The van der Waals surface area contributed by atoms with Crippen LogP contribution in [0.2, 0.25) is 0 Å². The molecule has 2 unspecified atom stereocenters. The van der Waals surface area contributed by atoms with Gasteiger partial charge in [-0.25, -0.2) is 0 Å². The van der Waals surface area contributed by atoms with E-state index in [4.69, 9.17) is 0 Å². The highest BCUT2D eigenvalue weighted by molar-refractivity contribution is 5.84. The van der Waals surface area contributed by atoms with E-state index in [1.165, 1.54) is 0 Å². The number of carbonyl (C=O) groups is 1. The number of aromatic nitrogens is 2. The average Bonchev–Trinajstić information content (AvgIpc) is 2.57. The van der Waals surface area contributed by atoms with Gasteiger partial charge in [-0.15, -0.1) is 0 Å². The van der Waals surface area contributed by atoms with E-state index >= 15 is 0 Å². The Morgan fingerprint density at radius 2 is 2.24 bits per heavy atom. The third kappa shape index (κ3) is 2.07. The molecule has 1 fully saturated rings. The van der Waals surface area contributed by atoms with E-state index in [0.29, 0.717) is 5.56 Å². The Kier molecular flexibility index (Phi) is 3.19. The minimum atomic E-state index is -0.236. The number of hydrogen-bond acceptors (Lipinski definition) is 4. The van der Waals surface area contributed by atoms with Gasteiger partial charge in [0.1, 0.15) is 5.82 Å². The molecule has 1 aliphatic rings. The Labute approximate surface area is 101 Å². The zero-order valence-electron chi connectivity index (χ0n) is 10.6. The lowest BCUT2D eigenvalue weighted by Gasteiger charge is -2.35. The second-order valence-electron chi connectivity index (χ2n) is 4.84. The number of aryl methyl sites for hydroxylation is 2. The molecule has 1 aromatic heterocycles. The van der Waals surface area contributed by atoms with Crippen molar-refractivity contribution in [3.05, 3.63) is 11.3 Å². The summed E-state index contributed by atoms with van der Waals surface area (Å²) in [6.07, 6.45) is 1.37. The number of rotatable bonds is 2. The highest BCUT2D eigenvalue weighted by Crippen LogP contribution is 2.26. The lowest BCUT2D eigenvalue weighted by Crippen LogP contribution is -2.43. The lowest BCUT2D eigenvalue weighted by molar-refractivity contribution is 0.0966. The maximum Gasteiger partial charge on any atom is 0.155 e. The summed E-state index contributed by atoms with van der Waals surface area (Å²) >= 11 is 0. The largest absolute Gasteiger partial charge is 0.393 e. The number of aliphatic hydroxyl groups excluding tert-OH is 1. The summed E-state index contributed by atoms with van der Waals surface area (Å²) in [5.74, 6) is 1.09. The summed E-state index contributed by atoms with van der Waals surface area (Å²) in [5.41, 5.74) is 1.42. The van der Waals surface area contributed by atoms with Crippen molar-refractivity contribution in [2.75, 3.05) is 18.0 Å². The average molecular weight is 237 g/mol. The summed E-state index contributed by atoms with van der Waals surface area (Å²) in [7, 11) is 1.85. The first-order valence-electron chi connectivity index (χ1n) is 5.96. The highest BCUT2D eigenvalue weighted by Gasteiger charge is 2.28. The van der Waals surface area contributed by atoms with E-state index in [0.717, 1.165) is 37.3 Å². The molecule has 2 rings (SSSR count). The molecular formula is C12H19N3O2. The van der Waals surface area contributed by atoms with Crippen molar-refractivity contribution < 1.29 is 9.90 Å². The topological polar surface area (TPSA) is 58.4 Å². The molecule has 17 heavy (non-hydrogen) atoms. The Morgan fingerprint density at radius 3 is 2.82 bits per heavy atom. The van der Waals surface area contributed by atoms with Gasteiger partial charge in [0, 0.05) is 20.1 Å². The van der Waals surface area contributed by atoms with Crippen LogP contribution in [-0.4, -0.2) is 40.4 Å². The molecule has 1 aliphatic heterocycles. The number of aliphatic hydroxyl groups is 1. The van der Waals surface area contributed by atoms with Gasteiger partial charge in [0.05, 0.1) is 17.4 Å². The zero-order chi connectivity index (χ0) is 12.6. The number of anilines is 1. The number of piperidine rings is 1. The Hall–Kier alpha value is -1.36. The molecule has 1 saturated heterocycles. The highest BCUT2D eigenvalue weighted by atomic mass is 16.3. The third-order valence-corrected chi connectivity index (χ3v) is 3.51. The molecule has 2 heterocycles. The first-order chi connectivity index (χ1) is 8.04. The molecule has 0 radical (unpaired) electrons. The predicted octanol–water partition coefficient (Wildman–Crippen LogP) is 0.748. The SMILES string of the molecule is Cc1nn(C)c(N2CCC(O)C(C)C2)c1C=O. The van der Waals surface area contributed by atoms with Crippen LogP contribution >= 0.6 is 0 Å². The maximum atomic E-state index is 11.1. The van der Waals surface area contributed by atoms with Crippen LogP contribution in [0.5, 0.6) is 0 Å². The van der Waals surface area contributed by atoms with Crippen molar-refractivity contribution in [1.82, 2.24) is 9.78 Å². The molecule has 0 aliphatic carbocycles. The van der Waals surface area contributed by atoms with Crippen LogP contribution in [0.3, 0.4) is 0 Å². The van der Waals surface area contributed by atoms with Crippen molar-refractivity contribution in [2.24, 2.45) is 13.0 Å². The fraction of sp³-hybridized carbons (Fsp3) is 0.667. The van der Waals surface area contributed by atoms with E-state index in [1.54, 1.807) is 4.68 Å². The van der Waals surface area contributed by atoms with E-state index in [-0.39, 0.29) is 12.0 Å². The Morgan fingerprint density at radius 1 is 1.53 bits per heavy atom. The van der Waals surface area contributed by atoms with Crippen LogP contribution in [0.4, 0.5) is 5.82 Å². The van der Waals surface area contributed by atoms with E-state index in [2.05, 4.69) is 10.00 Å². The number of nitrogens with zero attached hydrogens (tertiary/aromatic N) is 3. The molecule has 5 nitrogen and oxygen atoms in total. The van der Waals surface area contributed by atoms with Gasteiger partial charge in [-0.1, -0.05) is 6.92 Å². The second kappa shape index (κ2) is 4.49. The molecule has 0 saturated carbocycles. The Bertz CT molecular complexity index is 428. The smallest absolute Gasteiger partial charge is 0.155 e. The molecule has 0 spiro atoms. The van der Waals surface area contributed by atoms with Crippen molar-refractivity contribution in [2.45, 2.75) is 26.4 Å². The first kappa shape index (κ1) is 12.1. The van der Waals surface area contributed by atoms with Crippen LogP contribution in [0, 0.1) is 12.8 Å². The summed E-state index contributed by atoms with van der Waals surface area (Å²) in [4.78, 5) is 13.3. The number of hydrogen-bond donors (Lipinski definition) is 1. The van der Waals surface area contributed by atoms with Gasteiger partial charge < -0.3 is 10.0 Å². The fourth-order valence-corrected chi connectivity index (χ4v) is 2.50. The third-order valence-electron chi connectivity index (χ3n) is 3.51. The minimum absolute atomic E-state index is 0.221. The molecule has 0 amide bonds. The number of aldehydes is 1. The van der Waals surface area contributed by atoms with Gasteiger partial charge in [-0.3, -0.25) is 9.48 Å². The summed E-state index contributed by atoms with van der Waals surface area (Å²) in [6.45, 7) is 5.41. The van der Waals surface area contributed by atoms with Gasteiger partial charge in [-0.05, 0) is 19.3 Å². The van der Waals surface area contributed by atoms with Crippen molar-refractivity contribution in [3.8, 4) is 0 Å². The molecule has 5 heteroatoms. The van der Waals surface area contributed by atoms with E-state index in [1.807, 2.05) is 20.9 Å². The summed E-state index contributed by atoms with van der Waals surface area (Å²) < 4.78 is 1.75. The standard InChI is InChI=1S/C12H19N3O2/c1-8-6-15(5-4-11(8)17)12-10(7-16)9(2)13-14(12)3/h7-8,11,17H,4-6H2,1-3H3. The summed E-state index contributed by atoms with van der Waals surface area (Å²) in [6, 6.07) is 0. The van der Waals surface area contributed by atoms with Crippen LogP contribution in [0.15, 0.2) is 0 Å². The fourth-order valence-electron chi connectivity index (χ4n) is 2.50. The molecular weight excluding hydrogens is 218 g/mol. The van der Waals surface area contributed by atoms with E-state index in [9.17, 15) is 9.90 Å². The van der Waals surface area contributed by atoms with Crippen LogP contribution in [0.25, 0.3) is 0 Å². The van der Waals surface area contributed by atoms with Crippen LogP contribution in [-0.2, 0) is 7.05 Å². The predicted molar refractivity (Wildman–Crippen MR) is 65.3 cm³/mol. The molecule has 1 aromatic rings. The minimum Gasteiger partial charge on any atom is -0.393 e. The molecule has 94 valence electrons. The zero-order valence-corrected chi connectivity index (χ0v) is 10.6. The quantitative estimate of drug-likeness (QED) is 0.771. The van der Waals surface area contributed by atoms with E-state index < -0.39 is 0 Å². The van der Waals surface area contributed by atoms with Crippen molar-refractivity contribution >= 4 is 12.1 Å². The molecule has 0 bridgehead atoms. The molecule has 2 atom stereocenters. The van der Waals surface area contributed by atoms with Crippen molar-refractivity contribution in [3.63, 3.8) is 0 Å². The van der Waals surface area contributed by atoms with Gasteiger partial charge in [0.15, 0.2) is 6.29 Å². The van der Waals surface area contributed by atoms with Gasteiger partial charge in [0.25, 0.3) is 0 Å². The van der Waals surface area contributed by atoms with Gasteiger partial charge in [-0.2, -0.15) is 5.10 Å². The lowest BCUT2D eigenvalue weighted by atomic mass is 9.96. The first-order valence-corrected chi connectivity index (χ1v) is 5.96. The van der Waals surface area contributed by atoms with Gasteiger partial charge in [0.2, 0.25) is 0 Å². The van der Waals surface area contributed by atoms with Crippen molar-refractivity contribution in [1.29, 1.82) is 0 Å². The Balaban J connectivity index is 2.31. The summed E-state index contributed by atoms with van der Waals surface area (Å²) in [5, 5.41) is 14.0. The van der Waals surface area contributed by atoms with Crippen LogP contribution < -0.4 is 4.90 Å². The molecule has 0 aromatic carbocycles. The van der Waals surface area contributed by atoms with Gasteiger partial charge >= 0.3 is 0 Å². The molecule has 1 N–H and O–H groups in total. The monoisotopic (exact) mass is 237 g/mol. The second-order valence-corrected chi connectivity index (χ2v) is 4.84.